The summed E-state index contributed by atoms with van der Waals surface area (Å²) in [4.78, 5) is 30.5. The highest BCUT2D eigenvalue weighted by atomic mass is 19.1. The first-order chi connectivity index (χ1) is 16.3. The molecule has 0 bridgehead atoms. The summed E-state index contributed by atoms with van der Waals surface area (Å²) in [6.45, 7) is 4.87. The Morgan fingerprint density at radius 1 is 1.29 bits per heavy atom. The highest BCUT2D eigenvalue weighted by molar-refractivity contribution is 5.89. The lowest BCUT2D eigenvalue weighted by Crippen LogP contribution is -2.44. The van der Waals surface area contributed by atoms with Crippen molar-refractivity contribution in [2.75, 3.05) is 20.2 Å². The number of nitrogens with one attached hydrogen (secondary N) is 1. The van der Waals surface area contributed by atoms with Crippen LogP contribution in [-0.2, 0) is 39.6 Å². The normalized spacial score (nSPS) is 18.6. The standard InChI is InChI=1S/C25H26FN3O5/c1-4-25(32)18-8-21-22-15(10-29(21)23(30)17(18)12-34-24(25)31)16(11-33-6-5-27-3)14-7-13(2)19(26)9-20(14)28-22/h7-9,27,32H,4-6,10-12H2,1-3H3/t25-/m0/s1. The smallest absolute Gasteiger partial charge is 0.343 e. The average Bonchev–Trinajstić information content (AvgIpc) is 3.19. The lowest BCUT2D eigenvalue weighted by Gasteiger charge is -2.31. The molecule has 4 heterocycles. The SMILES string of the molecule is CC[C@@]1(O)C(=O)OCc2c1cc1n(c2=O)Cc2c-1nc1cc(F)c(C)cc1c2COCCNC. The fourth-order valence-corrected chi connectivity index (χ4v) is 4.81. The Morgan fingerprint density at radius 2 is 2.09 bits per heavy atom. The second kappa shape index (κ2) is 8.26. The maximum Gasteiger partial charge on any atom is 0.343 e. The number of rotatable bonds is 6. The molecule has 3 aromatic rings. The third-order valence-electron chi connectivity index (χ3n) is 6.83. The number of benzene rings is 1. The maximum absolute atomic E-state index is 14.4. The predicted molar refractivity (Wildman–Crippen MR) is 123 cm³/mol. The summed E-state index contributed by atoms with van der Waals surface area (Å²) in [5.74, 6) is -1.14. The molecule has 9 heteroatoms. The molecule has 8 nitrogen and oxygen atoms in total. The first-order valence-electron chi connectivity index (χ1n) is 11.3. The monoisotopic (exact) mass is 467 g/mol. The van der Waals surface area contributed by atoms with E-state index in [1.54, 1.807) is 30.5 Å². The fraction of sp³-hybridized carbons (Fsp3) is 0.400. The molecule has 1 atom stereocenters. The molecule has 0 spiro atoms. The van der Waals surface area contributed by atoms with Crippen LogP contribution in [-0.4, -0.2) is 40.8 Å². The summed E-state index contributed by atoms with van der Waals surface area (Å²) in [6, 6.07) is 4.80. The number of nitrogens with zero attached hydrogens (tertiary/aromatic N) is 2. The number of halogens is 1. The van der Waals surface area contributed by atoms with Crippen LogP contribution >= 0.6 is 0 Å². The minimum absolute atomic E-state index is 0.0643. The van der Waals surface area contributed by atoms with Gasteiger partial charge in [-0.05, 0) is 43.7 Å². The maximum atomic E-state index is 14.4. The molecular weight excluding hydrogens is 441 g/mol. The lowest BCUT2D eigenvalue weighted by molar-refractivity contribution is -0.172. The minimum atomic E-state index is -1.90. The van der Waals surface area contributed by atoms with Crippen molar-refractivity contribution in [3.8, 4) is 11.4 Å². The summed E-state index contributed by atoms with van der Waals surface area (Å²) >= 11 is 0. The van der Waals surface area contributed by atoms with E-state index < -0.39 is 11.6 Å². The third kappa shape index (κ3) is 3.26. The van der Waals surface area contributed by atoms with Crippen molar-refractivity contribution in [1.82, 2.24) is 14.9 Å². The van der Waals surface area contributed by atoms with Crippen molar-refractivity contribution in [3.05, 3.63) is 62.2 Å². The van der Waals surface area contributed by atoms with Crippen molar-refractivity contribution < 1.29 is 23.8 Å². The summed E-state index contributed by atoms with van der Waals surface area (Å²) in [5, 5.41) is 14.9. The summed E-state index contributed by atoms with van der Waals surface area (Å²) in [6.07, 6.45) is 0.0643. The molecule has 2 N–H and O–H groups in total. The molecule has 0 saturated carbocycles. The quantitative estimate of drug-likeness (QED) is 0.331. The Morgan fingerprint density at radius 3 is 2.82 bits per heavy atom. The highest BCUT2D eigenvalue weighted by Crippen LogP contribution is 2.40. The van der Waals surface area contributed by atoms with E-state index in [2.05, 4.69) is 5.32 Å². The van der Waals surface area contributed by atoms with E-state index in [-0.39, 0.29) is 48.7 Å². The molecule has 0 saturated heterocycles. The Hall–Kier alpha value is -3.14. The zero-order valence-electron chi connectivity index (χ0n) is 19.3. The number of hydrogen-bond acceptors (Lipinski definition) is 7. The number of aromatic nitrogens is 2. The van der Waals surface area contributed by atoms with Gasteiger partial charge in [-0.3, -0.25) is 4.79 Å². The van der Waals surface area contributed by atoms with Crippen LogP contribution in [0.1, 0.15) is 41.2 Å². The molecule has 5 rings (SSSR count). The van der Waals surface area contributed by atoms with Crippen LogP contribution in [0.2, 0.25) is 0 Å². The van der Waals surface area contributed by atoms with Gasteiger partial charge in [0.05, 0.1) is 42.2 Å². The molecule has 34 heavy (non-hydrogen) atoms. The van der Waals surface area contributed by atoms with Crippen molar-refractivity contribution in [2.45, 2.75) is 45.6 Å². The van der Waals surface area contributed by atoms with Gasteiger partial charge >= 0.3 is 5.97 Å². The molecule has 0 unspecified atom stereocenters. The van der Waals surface area contributed by atoms with Crippen molar-refractivity contribution in [3.63, 3.8) is 0 Å². The van der Waals surface area contributed by atoms with Crippen LogP contribution in [0.3, 0.4) is 0 Å². The number of carbonyl (C=O) groups is 1. The van der Waals surface area contributed by atoms with Crippen LogP contribution < -0.4 is 10.9 Å². The number of carbonyl (C=O) groups excluding carboxylic acids is 1. The van der Waals surface area contributed by atoms with E-state index in [9.17, 15) is 19.1 Å². The number of fused-ring (bicyclic) bond motifs is 5. The topological polar surface area (TPSA) is 103 Å². The van der Waals surface area contributed by atoms with Crippen LogP contribution in [0, 0.1) is 12.7 Å². The van der Waals surface area contributed by atoms with E-state index in [1.807, 2.05) is 7.05 Å². The van der Waals surface area contributed by atoms with Crippen LogP contribution in [0.15, 0.2) is 23.0 Å². The fourth-order valence-electron chi connectivity index (χ4n) is 4.81. The Labute approximate surface area is 195 Å². The van der Waals surface area contributed by atoms with Crippen LogP contribution in [0.5, 0.6) is 0 Å². The first kappa shape index (κ1) is 22.6. The number of likely N-dealkylation sites (N-methyl/N-ethyl adjacent to an activating group) is 1. The lowest BCUT2D eigenvalue weighted by atomic mass is 9.86. The molecule has 2 aliphatic heterocycles. The van der Waals surface area contributed by atoms with E-state index >= 15 is 0 Å². The molecular formula is C25H26FN3O5. The Balaban J connectivity index is 1.74. The Bertz CT molecular complexity index is 1400. The number of esters is 1. The second-order valence-corrected chi connectivity index (χ2v) is 8.80. The number of pyridine rings is 2. The third-order valence-corrected chi connectivity index (χ3v) is 6.83. The van der Waals surface area contributed by atoms with Crippen molar-refractivity contribution >= 4 is 16.9 Å². The number of hydrogen-bond donors (Lipinski definition) is 2. The minimum Gasteiger partial charge on any atom is -0.458 e. The van der Waals surface area contributed by atoms with Gasteiger partial charge in [-0.1, -0.05) is 6.92 Å². The summed E-state index contributed by atoms with van der Waals surface area (Å²) < 4.78 is 27.0. The molecule has 0 aliphatic carbocycles. The van der Waals surface area contributed by atoms with Crippen LogP contribution in [0.25, 0.3) is 22.3 Å². The molecule has 2 aliphatic rings. The van der Waals surface area contributed by atoms with E-state index in [0.29, 0.717) is 35.6 Å². The van der Waals surface area contributed by atoms with Gasteiger partial charge < -0.3 is 24.5 Å². The molecule has 2 aromatic heterocycles. The first-order valence-corrected chi connectivity index (χ1v) is 11.3. The van der Waals surface area contributed by atoms with Gasteiger partial charge in [-0.15, -0.1) is 0 Å². The van der Waals surface area contributed by atoms with E-state index in [1.165, 1.54) is 6.07 Å². The van der Waals surface area contributed by atoms with Gasteiger partial charge in [0, 0.05) is 29.1 Å². The number of aliphatic hydroxyl groups is 1. The van der Waals surface area contributed by atoms with Gasteiger partial charge in [0.1, 0.15) is 12.4 Å². The average molecular weight is 467 g/mol. The summed E-state index contributed by atoms with van der Waals surface area (Å²) in [5.41, 5.74) is 1.91. The van der Waals surface area contributed by atoms with Gasteiger partial charge in [-0.2, -0.15) is 0 Å². The second-order valence-electron chi connectivity index (χ2n) is 8.80. The highest BCUT2D eigenvalue weighted by Gasteiger charge is 2.45. The largest absolute Gasteiger partial charge is 0.458 e. The molecule has 0 amide bonds. The zero-order chi connectivity index (χ0) is 24.2. The number of ether oxygens (including phenoxy) is 2. The zero-order valence-corrected chi connectivity index (χ0v) is 19.3. The van der Waals surface area contributed by atoms with E-state index in [4.69, 9.17) is 14.5 Å². The van der Waals surface area contributed by atoms with Gasteiger partial charge in [0.15, 0.2) is 5.60 Å². The van der Waals surface area contributed by atoms with Crippen LogP contribution in [0.4, 0.5) is 4.39 Å². The summed E-state index contributed by atoms with van der Waals surface area (Å²) in [7, 11) is 1.84. The predicted octanol–water partition coefficient (Wildman–Crippen LogP) is 2.26. The van der Waals surface area contributed by atoms with Crippen molar-refractivity contribution in [1.29, 1.82) is 0 Å². The Kier molecular flexibility index (Phi) is 5.50. The molecule has 1 aromatic carbocycles. The van der Waals surface area contributed by atoms with Gasteiger partial charge in [-0.25, -0.2) is 14.2 Å². The van der Waals surface area contributed by atoms with Gasteiger partial charge in [0.2, 0.25) is 0 Å². The molecule has 0 radical (unpaired) electrons. The number of cyclic esters (lactones) is 1. The van der Waals surface area contributed by atoms with E-state index in [0.717, 1.165) is 16.5 Å². The molecule has 178 valence electrons. The molecule has 0 fully saturated rings. The van der Waals surface area contributed by atoms with Crippen molar-refractivity contribution in [2.24, 2.45) is 0 Å². The van der Waals surface area contributed by atoms with Gasteiger partial charge in [0.25, 0.3) is 5.56 Å². The number of aryl methyl sites for hydroxylation is 1.